The summed E-state index contributed by atoms with van der Waals surface area (Å²) in [6.07, 6.45) is 9.75. The van der Waals surface area contributed by atoms with Crippen molar-refractivity contribution in [2.75, 3.05) is 0 Å². The highest BCUT2D eigenvalue weighted by Crippen LogP contribution is 2.75. The highest BCUT2D eigenvalue weighted by molar-refractivity contribution is 5.84. The molecule has 0 amide bonds. The van der Waals surface area contributed by atoms with Crippen molar-refractivity contribution in [1.29, 1.82) is 0 Å². The zero-order valence-corrected chi connectivity index (χ0v) is 23.1. The number of aliphatic hydroxyl groups excluding tert-OH is 2. The topological polar surface area (TPSA) is 57.5 Å². The molecule has 2 N–H and O–H groups in total. The van der Waals surface area contributed by atoms with Crippen LogP contribution in [0, 0.1) is 56.7 Å². The molecule has 0 heterocycles. The van der Waals surface area contributed by atoms with E-state index in [1.165, 1.54) is 12.8 Å². The lowest BCUT2D eigenvalue weighted by Gasteiger charge is -2.71. The van der Waals surface area contributed by atoms with Gasteiger partial charge in [0.25, 0.3) is 0 Å². The largest absolute Gasteiger partial charge is 0.390 e. The molecule has 0 saturated heterocycles. The maximum atomic E-state index is 13.2. The Bertz CT molecular complexity index is 904. The van der Waals surface area contributed by atoms with Crippen LogP contribution in [0.4, 0.5) is 0 Å². The lowest BCUT2D eigenvalue weighted by atomic mass is 9.33. The predicted octanol–water partition coefficient (Wildman–Crippen LogP) is 6.56. The Morgan fingerprint density at radius 2 is 1.62 bits per heavy atom. The molecule has 4 fully saturated rings. The molecular weight excluding hydrogens is 420 g/mol. The molecule has 3 heteroatoms. The van der Waals surface area contributed by atoms with Crippen molar-refractivity contribution in [2.24, 2.45) is 56.7 Å². The fourth-order valence-corrected chi connectivity index (χ4v) is 11.2. The van der Waals surface area contributed by atoms with E-state index in [0.29, 0.717) is 41.8 Å². The van der Waals surface area contributed by atoms with Gasteiger partial charge in [0.1, 0.15) is 5.78 Å². The van der Waals surface area contributed by atoms with Gasteiger partial charge < -0.3 is 10.2 Å². The molecule has 5 rings (SSSR count). The summed E-state index contributed by atoms with van der Waals surface area (Å²) in [5, 5.41) is 21.9. The van der Waals surface area contributed by atoms with Crippen molar-refractivity contribution in [3.8, 4) is 0 Å². The summed E-state index contributed by atoms with van der Waals surface area (Å²) in [6.45, 7) is 18.6. The van der Waals surface area contributed by atoms with Crippen LogP contribution in [0.15, 0.2) is 11.6 Å². The predicted molar refractivity (Wildman–Crippen MR) is 137 cm³/mol. The molecule has 5 aliphatic carbocycles. The molecular formula is C31H50O3. The molecule has 3 unspecified atom stereocenters. The fourth-order valence-electron chi connectivity index (χ4n) is 11.2. The molecule has 0 aromatic rings. The van der Waals surface area contributed by atoms with Gasteiger partial charge in [-0.3, -0.25) is 4.79 Å². The molecule has 0 aromatic heterocycles. The number of hydrogen-bond acceptors (Lipinski definition) is 3. The first kappa shape index (κ1) is 25.0. The first-order chi connectivity index (χ1) is 15.7. The Labute approximate surface area is 208 Å². The van der Waals surface area contributed by atoms with Gasteiger partial charge in [0.05, 0.1) is 12.2 Å². The number of carbonyl (C=O) groups excluding carboxylic acids is 1. The summed E-state index contributed by atoms with van der Waals surface area (Å²) in [5.41, 5.74) is 1.45. The second-order valence-electron chi connectivity index (χ2n) is 14.9. The third-order valence-electron chi connectivity index (χ3n) is 13.6. The molecule has 34 heavy (non-hydrogen) atoms. The minimum absolute atomic E-state index is 0.0147. The second-order valence-corrected chi connectivity index (χ2v) is 14.9. The molecule has 3 nitrogen and oxygen atoms in total. The van der Waals surface area contributed by atoms with Crippen molar-refractivity contribution < 1.29 is 15.0 Å². The van der Waals surface area contributed by atoms with E-state index in [1.54, 1.807) is 5.57 Å². The first-order valence-corrected chi connectivity index (χ1v) is 14.2. The minimum atomic E-state index is -0.646. The van der Waals surface area contributed by atoms with Crippen molar-refractivity contribution >= 4 is 5.78 Å². The number of aliphatic hydroxyl groups is 2. The van der Waals surface area contributed by atoms with Crippen molar-refractivity contribution in [2.45, 2.75) is 119 Å². The summed E-state index contributed by atoms with van der Waals surface area (Å²) < 4.78 is 0. The molecule has 0 spiro atoms. The number of hydrogen-bond donors (Lipinski definition) is 2. The van der Waals surface area contributed by atoms with Crippen LogP contribution >= 0.6 is 0 Å². The van der Waals surface area contributed by atoms with E-state index in [1.807, 2.05) is 6.92 Å². The monoisotopic (exact) mass is 470 g/mol. The number of carbonyl (C=O) groups is 1. The van der Waals surface area contributed by atoms with Gasteiger partial charge in [0, 0.05) is 5.41 Å². The standard InChI is InChI=1S/C31H50O3/c1-18-11-14-31(20(3)32)16-15-29(7)21(25(31)19(18)2)9-10-24-28(6)17-22(33)26(34)27(4,5)23(28)12-13-30(24,29)8/h9,18-19,22-26,33-34H,10-17H2,1-8H3/t18-,19+,22+,23?,24?,25?,26+,28+,29-,30-,31-/m1/s1. The zero-order valence-electron chi connectivity index (χ0n) is 23.1. The molecule has 4 saturated carbocycles. The first-order valence-electron chi connectivity index (χ1n) is 14.2. The van der Waals surface area contributed by atoms with E-state index in [2.05, 4.69) is 54.5 Å². The smallest absolute Gasteiger partial charge is 0.136 e. The van der Waals surface area contributed by atoms with E-state index in [4.69, 9.17) is 0 Å². The van der Waals surface area contributed by atoms with Crippen LogP contribution in [0.3, 0.4) is 0 Å². The van der Waals surface area contributed by atoms with Gasteiger partial charge >= 0.3 is 0 Å². The highest BCUT2D eigenvalue weighted by Gasteiger charge is 2.69. The van der Waals surface area contributed by atoms with Gasteiger partial charge in [-0.25, -0.2) is 0 Å². The van der Waals surface area contributed by atoms with Gasteiger partial charge in [-0.15, -0.1) is 0 Å². The normalized spacial score (nSPS) is 56.3. The van der Waals surface area contributed by atoms with Gasteiger partial charge in [0.15, 0.2) is 0 Å². The van der Waals surface area contributed by atoms with E-state index in [0.717, 1.165) is 32.1 Å². The van der Waals surface area contributed by atoms with Crippen LogP contribution in [-0.2, 0) is 4.79 Å². The number of allylic oxidation sites excluding steroid dienone is 2. The van der Waals surface area contributed by atoms with Crippen LogP contribution in [-0.4, -0.2) is 28.2 Å². The van der Waals surface area contributed by atoms with E-state index in [9.17, 15) is 15.0 Å². The average molecular weight is 471 g/mol. The van der Waals surface area contributed by atoms with Crippen LogP contribution in [0.25, 0.3) is 0 Å². The molecule has 5 aliphatic rings. The SMILES string of the molecule is CC(=O)[C@]12CC[C@@H](C)[C@H](C)C1C1=CCC3[C@@]4(C)C[C@H](O)[C@H](O)C(C)(C)C4CC[C@@]3(C)[C@]1(C)CC2. The quantitative estimate of drug-likeness (QED) is 0.426. The summed E-state index contributed by atoms with van der Waals surface area (Å²) >= 11 is 0. The maximum Gasteiger partial charge on any atom is 0.136 e. The minimum Gasteiger partial charge on any atom is -0.390 e. The molecule has 0 bridgehead atoms. The summed E-state index contributed by atoms with van der Waals surface area (Å²) in [4.78, 5) is 13.2. The third kappa shape index (κ3) is 2.81. The summed E-state index contributed by atoms with van der Waals surface area (Å²) in [5.74, 6) is 2.93. The van der Waals surface area contributed by atoms with Gasteiger partial charge in [0.2, 0.25) is 0 Å². The number of fused-ring (bicyclic) bond motifs is 7. The summed E-state index contributed by atoms with van der Waals surface area (Å²) in [7, 11) is 0. The molecule has 11 atom stereocenters. The lowest BCUT2D eigenvalue weighted by Crippen LogP contribution is -2.67. The van der Waals surface area contributed by atoms with E-state index >= 15 is 0 Å². The molecule has 0 radical (unpaired) electrons. The second kappa shape index (κ2) is 7.44. The van der Waals surface area contributed by atoms with Crippen LogP contribution < -0.4 is 0 Å². The van der Waals surface area contributed by atoms with Crippen LogP contribution in [0.2, 0.25) is 0 Å². The Hall–Kier alpha value is -0.670. The highest BCUT2D eigenvalue weighted by atomic mass is 16.3. The van der Waals surface area contributed by atoms with Crippen molar-refractivity contribution in [3.63, 3.8) is 0 Å². The Morgan fingerprint density at radius 1 is 0.941 bits per heavy atom. The molecule has 192 valence electrons. The maximum absolute atomic E-state index is 13.2. The van der Waals surface area contributed by atoms with Crippen molar-refractivity contribution in [1.82, 2.24) is 0 Å². The van der Waals surface area contributed by atoms with Gasteiger partial charge in [-0.05, 0) is 110 Å². The van der Waals surface area contributed by atoms with Crippen LogP contribution in [0.1, 0.15) is 107 Å². The van der Waals surface area contributed by atoms with Crippen molar-refractivity contribution in [3.05, 3.63) is 11.6 Å². The Morgan fingerprint density at radius 3 is 2.26 bits per heavy atom. The van der Waals surface area contributed by atoms with E-state index in [-0.39, 0.29) is 27.1 Å². The Balaban J connectivity index is 1.62. The van der Waals surface area contributed by atoms with Crippen LogP contribution in [0.5, 0.6) is 0 Å². The number of ketones is 1. The van der Waals surface area contributed by atoms with Gasteiger partial charge in [-0.1, -0.05) is 60.1 Å². The molecule has 0 aromatic carbocycles. The summed E-state index contributed by atoms with van der Waals surface area (Å²) in [6, 6.07) is 0. The fraction of sp³-hybridized carbons (Fsp3) is 0.903. The van der Waals surface area contributed by atoms with E-state index < -0.39 is 12.2 Å². The lowest BCUT2D eigenvalue weighted by molar-refractivity contribution is -0.231. The number of rotatable bonds is 1. The van der Waals surface area contributed by atoms with Gasteiger partial charge in [-0.2, -0.15) is 0 Å². The number of Topliss-reactive ketones (excluding diaryl/α,β-unsaturated/α-hetero) is 1. The average Bonchev–Trinajstić information content (AvgIpc) is 2.75. The third-order valence-corrected chi connectivity index (χ3v) is 13.6. The zero-order chi connectivity index (χ0) is 25.1. The Kier molecular flexibility index (Phi) is 5.47. The molecule has 0 aliphatic heterocycles.